The molecule has 0 saturated heterocycles. The number of hydrogen-bond acceptors (Lipinski definition) is 7. The van der Waals surface area contributed by atoms with Gasteiger partial charge in [0.05, 0.1) is 19.1 Å². The summed E-state index contributed by atoms with van der Waals surface area (Å²) in [6.07, 6.45) is 3.63. The maximum atomic E-state index is 6.67. The predicted molar refractivity (Wildman–Crippen MR) is 142 cm³/mol. The third-order valence-electron chi connectivity index (χ3n) is 5.67. The van der Waals surface area contributed by atoms with Crippen LogP contribution in [-0.2, 0) is 11.8 Å². The smallest absolute Gasteiger partial charge is 0.199 e. The average molecular weight is 506 g/mol. The highest BCUT2D eigenvalue weighted by atomic mass is 35.5. The van der Waals surface area contributed by atoms with Crippen LogP contribution in [0.3, 0.4) is 0 Å². The summed E-state index contributed by atoms with van der Waals surface area (Å²) in [7, 11) is 5.27. The van der Waals surface area contributed by atoms with Crippen LogP contribution in [0.1, 0.15) is 0 Å². The van der Waals surface area contributed by atoms with Crippen LogP contribution in [0.4, 0.5) is 5.82 Å². The number of ether oxygens (including phenoxy) is 2. The molecule has 5 aromatic rings. The number of rotatable bonds is 8. The van der Waals surface area contributed by atoms with Crippen LogP contribution in [0, 0.1) is 0 Å². The van der Waals surface area contributed by atoms with E-state index in [-0.39, 0.29) is 0 Å². The second-order valence-corrected chi connectivity index (χ2v) is 9.28. The maximum Gasteiger partial charge on any atom is 0.199 e. The molecule has 2 aromatic carbocycles. The molecule has 0 atom stereocenters. The lowest BCUT2D eigenvalue weighted by molar-refractivity contribution is 0.210. The molecule has 0 aliphatic carbocycles. The van der Waals surface area contributed by atoms with Gasteiger partial charge in [0.15, 0.2) is 11.6 Å². The Labute approximate surface area is 212 Å². The Kier molecular flexibility index (Phi) is 6.68. The number of halogens is 1. The highest BCUT2D eigenvalue weighted by Crippen LogP contribution is 2.48. The Morgan fingerprint density at radius 3 is 2.54 bits per heavy atom. The highest BCUT2D eigenvalue weighted by Gasteiger charge is 2.23. The lowest BCUT2D eigenvalue weighted by Gasteiger charge is -2.12. The monoisotopic (exact) mass is 505 g/mol. The SMILES string of the molecule is COCCNc1nc(-c2nccn2C)nc2sc(-c3ccccc3Cl)c(-c3ccc(OC)cc3)c12. The van der Waals surface area contributed by atoms with Crippen LogP contribution in [0.2, 0.25) is 5.02 Å². The van der Waals surface area contributed by atoms with E-state index >= 15 is 0 Å². The molecule has 0 fully saturated rings. The number of aryl methyl sites for hydroxylation is 1. The van der Waals surface area contributed by atoms with Crippen molar-refractivity contribution in [1.82, 2.24) is 19.5 Å². The molecule has 0 bridgehead atoms. The van der Waals surface area contributed by atoms with E-state index < -0.39 is 0 Å². The molecule has 0 aliphatic heterocycles. The first-order valence-electron chi connectivity index (χ1n) is 11.0. The molecular weight excluding hydrogens is 482 g/mol. The van der Waals surface area contributed by atoms with Crippen LogP contribution in [-0.4, -0.2) is 46.9 Å². The zero-order valence-electron chi connectivity index (χ0n) is 19.6. The number of nitrogens with zero attached hydrogens (tertiary/aromatic N) is 4. The summed E-state index contributed by atoms with van der Waals surface area (Å²) >= 11 is 8.27. The van der Waals surface area contributed by atoms with Crippen molar-refractivity contribution in [1.29, 1.82) is 0 Å². The lowest BCUT2D eigenvalue weighted by Crippen LogP contribution is -2.10. The van der Waals surface area contributed by atoms with E-state index in [1.807, 2.05) is 66.3 Å². The fourth-order valence-corrected chi connectivity index (χ4v) is 5.47. The Hall–Kier alpha value is -3.46. The number of hydrogen-bond donors (Lipinski definition) is 1. The van der Waals surface area contributed by atoms with Crippen LogP contribution in [0.25, 0.3) is 43.4 Å². The molecule has 3 aromatic heterocycles. The quantitative estimate of drug-likeness (QED) is 0.255. The zero-order chi connectivity index (χ0) is 24.4. The van der Waals surface area contributed by atoms with Crippen molar-refractivity contribution in [2.45, 2.75) is 0 Å². The summed E-state index contributed by atoms with van der Waals surface area (Å²) in [6.45, 7) is 1.14. The third-order valence-corrected chi connectivity index (χ3v) is 7.12. The van der Waals surface area contributed by atoms with Crippen molar-refractivity contribution in [3.05, 3.63) is 65.9 Å². The zero-order valence-corrected chi connectivity index (χ0v) is 21.2. The summed E-state index contributed by atoms with van der Waals surface area (Å²) in [6, 6.07) is 15.9. The number of fused-ring (bicyclic) bond motifs is 1. The highest BCUT2D eigenvalue weighted by molar-refractivity contribution is 7.22. The molecule has 9 heteroatoms. The fourth-order valence-electron chi connectivity index (χ4n) is 3.95. The van der Waals surface area contributed by atoms with Crippen molar-refractivity contribution < 1.29 is 9.47 Å². The fraction of sp³-hybridized carbons (Fsp3) is 0.192. The van der Waals surface area contributed by atoms with Gasteiger partial charge < -0.3 is 19.4 Å². The van der Waals surface area contributed by atoms with E-state index in [4.69, 9.17) is 31.0 Å². The van der Waals surface area contributed by atoms with Crippen LogP contribution in [0.5, 0.6) is 5.75 Å². The minimum atomic E-state index is 0.544. The van der Waals surface area contributed by atoms with E-state index in [1.54, 1.807) is 31.8 Å². The van der Waals surface area contributed by atoms with Gasteiger partial charge in [-0.15, -0.1) is 11.3 Å². The molecular formula is C26H24ClN5O2S. The predicted octanol–water partition coefficient (Wildman–Crippen LogP) is 6.15. The van der Waals surface area contributed by atoms with Gasteiger partial charge in [0.1, 0.15) is 16.4 Å². The van der Waals surface area contributed by atoms with Gasteiger partial charge >= 0.3 is 0 Å². The van der Waals surface area contributed by atoms with Gasteiger partial charge in [-0.25, -0.2) is 15.0 Å². The largest absolute Gasteiger partial charge is 0.497 e. The Bertz CT molecular complexity index is 1480. The molecule has 35 heavy (non-hydrogen) atoms. The van der Waals surface area contributed by atoms with Gasteiger partial charge in [0.2, 0.25) is 0 Å². The Morgan fingerprint density at radius 1 is 1.06 bits per heavy atom. The average Bonchev–Trinajstić information content (AvgIpc) is 3.48. The first-order chi connectivity index (χ1) is 17.1. The summed E-state index contributed by atoms with van der Waals surface area (Å²) in [5, 5.41) is 5.07. The van der Waals surface area contributed by atoms with Crippen LogP contribution in [0.15, 0.2) is 60.9 Å². The number of anilines is 1. The van der Waals surface area contributed by atoms with Crippen molar-refractivity contribution in [2.24, 2.45) is 7.05 Å². The minimum Gasteiger partial charge on any atom is -0.497 e. The van der Waals surface area contributed by atoms with Gasteiger partial charge in [-0.05, 0) is 23.8 Å². The number of thiophene rings is 1. The third kappa shape index (κ3) is 4.48. The van der Waals surface area contributed by atoms with E-state index in [9.17, 15) is 0 Å². The maximum absolute atomic E-state index is 6.67. The number of benzene rings is 2. The number of aromatic nitrogens is 4. The first-order valence-corrected chi connectivity index (χ1v) is 12.2. The summed E-state index contributed by atoms with van der Waals surface area (Å²) < 4.78 is 12.6. The van der Waals surface area contributed by atoms with E-state index in [0.717, 1.165) is 43.4 Å². The molecule has 5 rings (SSSR count). The van der Waals surface area contributed by atoms with Gasteiger partial charge in [-0.3, -0.25) is 0 Å². The van der Waals surface area contributed by atoms with Crippen molar-refractivity contribution in [3.8, 4) is 39.0 Å². The Balaban J connectivity index is 1.81. The first kappa shape index (κ1) is 23.3. The van der Waals surface area contributed by atoms with Crippen LogP contribution < -0.4 is 10.1 Å². The molecule has 3 heterocycles. The standard InChI is InChI=1S/C26H24ClN5O2S/c1-32-14-12-29-25(32)24-30-23(28-13-15-33-2)21-20(16-8-10-17(34-3)11-9-16)22(35-26(21)31-24)18-6-4-5-7-19(18)27/h4-12,14H,13,15H2,1-3H3,(H,28,30,31). The molecule has 178 valence electrons. The van der Waals surface area contributed by atoms with E-state index in [1.165, 1.54) is 0 Å². The van der Waals surface area contributed by atoms with Crippen molar-refractivity contribution in [2.75, 3.05) is 32.7 Å². The van der Waals surface area contributed by atoms with Crippen molar-refractivity contribution >= 4 is 39.0 Å². The second kappa shape index (κ2) is 10.0. The molecule has 0 saturated carbocycles. The van der Waals surface area contributed by atoms with Gasteiger partial charge in [-0.2, -0.15) is 0 Å². The van der Waals surface area contributed by atoms with Gasteiger partial charge in [0.25, 0.3) is 0 Å². The summed E-state index contributed by atoms with van der Waals surface area (Å²) in [5.41, 5.74) is 2.99. The number of methoxy groups -OCH3 is 2. The summed E-state index contributed by atoms with van der Waals surface area (Å²) in [4.78, 5) is 16.2. The van der Waals surface area contributed by atoms with Crippen LogP contribution >= 0.6 is 22.9 Å². The molecule has 0 aliphatic rings. The van der Waals surface area contributed by atoms with Gasteiger partial charge in [0, 0.05) is 54.1 Å². The molecule has 0 amide bonds. The van der Waals surface area contributed by atoms with Crippen molar-refractivity contribution in [3.63, 3.8) is 0 Å². The number of nitrogens with one attached hydrogen (secondary N) is 1. The lowest BCUT2D eigenvalue weighted by atomic mass is 9.99. The normalized spacial score (nSPS) is 11.2. The summed E-state index contributed by atoms with van der Waals surface area (Å²) in [5.74, 6) is 2.77. The van der Waals surface area contributed by atoms with E-state index in [2.05, 4.69) is 10.3 Å². The van der Waals surface area contributed by atoms with E-state index in [0.29, 0.717) is 29.8 Å². The molecule has 7 nitrogen and oxygen atoms in total. The number of imidazole rings is 1. The Morgan fingerprint density at radius 2 is 1.86 bits per heavy atom. The molecule has 1 N–H and O–H groups in total. The minimum absolute atomic E-state index is 0.544. The molecule has 0 radical (unpaired) electrons. The topological polar surface area (TPSA) is 74.1 Å². The second-order valence-electron chi connectivity index (χ2n) is 7.87. The van der Waals surface area contributed by atoms with Gasteiger partial charge in [-0.1, -0.05) is 41.9 Å². The molecule has 0 unspecified atom stereocenters. The molecule has 0 spiro atoms.